The van der Waals surface area contributed by atoms with E-state index in [0.29, 0.717) is 57.5 Å². The fourth-order valence-electron chi connectivity index (χ4n) is 4.77. The number of nitro benzene ring substituents is 1. The summed E-state index contributed by atoms with van der Waals surface area (Å²) in [6.45, 7) is 6.52. The van der Waals surface area contributed by atoms with Gasteiger partial charge in [-0.05, 0) is 62.3 Å². The number of hydrogen-bond donors (Lipinski definition) is 0. The molecule has 2 aliphatic heterocycles. The maximum atomic E-state index is 13.4. The number of rotatable bonds is 8. The van der Waals surface area contributed by atoms with E-state index in [2.05, 4.69) is 17.0 Å². The summed E-state index contributed by atoms with van der Waals surface area (Å²) in [6.07, 6.45) is 4.00. The van der Waals surface area contributed by atoms with Crippen molar-refractivity contribution in [3.05, 3.63) is 63.7 Å². The Labute approximate surface area is 200 Å². The van der Waals surface area contributed by atoms with Gasteiger partial charge in [-0.25, -0.2) is 0 Å². The highest BCUT2D eigenvalue weighted by atomic mass is 16.6. The molecule has 0 atom stereocenters. The topological polar surface area (TPSA) is 85.1 Å². The van der Waals surface area contributed by atoms with E-state index in [-0.39, 0.29) is 11.6 Å². The van der Waals surface area contributed by atoms with Gasteiger partial charge in [0.2, 0.25) is 0 Å². The summed E-state index contributed by atoms with van der Waals surface area (Å²) in [5.41, 5.74) is 2.43. The Morgan fingerprint density at radius 1 is 1.09 bits per heavy atom. The SMILES string of the molecule is CCOc1ccc(CCC2CCN(C(=O)c3cc([N+](=O)[O-])ccc3N3CCOCC3)CC2)cc1. The van der Waals surface area contributed by atoms with E-state index in [1.54, 1.807) is 6.07 Å². The van der Waals surface area contributed by atoms with Gasteiger partial charge in [0.05, 0.1) is 36.0 Å². The van der Waals surface area contributed by atoms with Crippen molar-refractivity contribution in [3.63, 3.8) is 0 Å². The van der Waals surface area contributed by atoms with E-state index in [1.165, 1.54) is 17.7 Å². The van der Waals surface area contributed by atoms with E-state index in [0.717, 1.165) is 37.1 Å². The molecule has 2 heterocycles. The molecule has 8 nitrogen and oxygen atoms in total. The number of anilines is 1. The summed E-state index contributed by atoms with van der Waals surface area (Å²) in [5.74, 6) is 1.35. The van der Waals surface area contributed by atoms with Crippen molar-refractivity contribution in [3.8, 4) is 5.75 Å². The average Bonchev–Trinajstić information content (AvgIpc) is 2.88. The molecule has 0 aliphatic carbocycles. The van der Waals surface area contributed by atoms with Gasteiger partial charge < -0.3 is 19.3 Å². The number of benzene rings is 2. The quantitative estimate of drug-likeness (QED) is 0.425. The van der Waals surface area contributed by atoms with Crippen LogP contribution in [-0.2, 0) is 11.2 Å². The first kappa shape index (κ1) is 24.0. The number of nitrogens with zero attached hydrogens (tertiary/aromatic N) is 3. The zero-order chi connectivity index (χ0) is 23.9. The van der Waals surface area contributed by atoms with Crippen LogP contribution in [0.5, 0.6) is 5.75 Å². The molecule has 1 amide bonds. The summed E-state index contributed by atoms with van der Waals surface area (Å²) in [7, 11) is 0. The summed E-state index contributed by atoms with van der Waals surface area (Å²) < 4.78 is 10.9. The maximum absolute atomic E-state index is 13.4. The summed E-state index contributed by atoms with van der Waals surface area (Å²) in [5, 5.41) is 11.4. The number of amides is 1. The van der Waals surface area contributed by atoms with Crippen LogP contribution in [0.1, 0.15) is 42.1 Å². The average molecular weight is 468 g/mol. The third kappa shape index (κ3) is 5.86. The van der Waals surface area contributed by atoms with Crippen molar-refractivity contribution in [1.82, 2.24) is 4.90 Å². The second-order valence-corrected chi connectivity index (χ2v) is 8.91. The van der Waals surface area contributed by atoms with Crippen molar-refractivity contribution in [2.24, 2.45) is 5.92 Å². The number of likely N-dealkylation sites (tertiary alicyclic amines) is 1. The predicted molar refractivity (Wildman–Crippen MR) is 131 cm³/mol. The number of piperidine rings is 1. The van der Waals surface area contributed by atoms with Gasteiger partial charge in [-0.15, -0.1) is 0 Å². The van der Waals surface area contributed by atoms with Gasteiger partial charge in [-0.2, -0.15) is 0 Å². The summed E-state index contributed by atoms with van der Waals surface area (Å²) >= 11 is 0. The molecule has 2 saturated heterocycles. The van der Waals surface area contributed by atoms with Crippen LogP contribution in [0.4, 0.5) is 11.4 Å². The largest absolute Gasteiger partial charge is 0.494 e. The molecule has 0 bridgehead atoms. The van der Waals surface area contributed by atoms with E-state index < -0.39 is 4.92 Å². The highest BCUT2D eigenvalue weighted by Crippen LogP contribution is 2.30. The van der Waals surface area contributed by atoms with E-state index >= 15 is 0 Å². The Hall–Kier alpha value is -3.13. The van der Waals surface area contributed by atoms with E-state index in [1.807, 2.05) is 24.0 Å². The van der Waals surface area contributed by atoms with Crippen LogP contribution in [0.15, 0.2) is 42.5 Å². The van der Waals surface area contributed by atoms with Crippen LogP contribution in [0.2, 0.25) is 0 Å². The highest BCUT2D eigenvalue weighted by Gasteiger charge is 2.28. The smallest absolute Gasteiger partial charge is 0.270 e. The first-order valence-corrected chi connectivity index (χ1v) is 12.2. The van der Waals surface area contributed by atoms with Crippen LogP contribution in [-0.4, -0.2) is 61.7 Å². The van der Waals surface area contributed by atoms with E-state index in [9.17, 15) is 14.9 Å². The second kappa shape index (κ2) is 11.3. The van der Waals surface area contributed by atoms with Crippen LogP contribution in [0.25, 0.3) is 0 Å². The minimum atomic E-state index is -0.437. The molecule has 2 aromatic carbocycles. The number of carbonyl (C=O) groups excluding carboxylic acids is 1. The molecule has 0 unspecified atom stereocenters. The number of carbonyl (C=O) groups is 1. The molecule has 0 spiro atoms. The second-order valence-electron chi connectivity index (χ2n) is 8.91. The minimum absolute atomic E-state index is 0.0504. The van der Waals surface area contributed by atoms with Crippen LogP contribution in [0, 0.1) is 16.0 Å². The molecule has 0 radical (unpaired) electrons. The number of aryl methyl sites for hydroxylation is 1. The van der Waals surface area contributed by atoms with Crippen LogP contribution < -0.4 is 9.64 Å². The van der Waals surface area contributed by atoms with Gasteiger partial charge in [0.25, 0.3) is 11.6 Å². The van der Waals surface area contributed by atoms with Crippen molar-refractivity contribution in [1.29, 1.82) is 0 Å². The first-order chi connectivity index (χ1) is 16.5. The third-order valence-electron chi connectivity index (χ3n) is 6.75. The third-order valence-corrected chi connectivity index (χ3v) is 6.75. The Bertz CT molecular complexity index is 980. The summed E-state index contributed by atoms with van der Waals surface area (Å²) in [6, 6.07) is 12.9. The zero-order valence-corrected chi connectivity index (χ0v) is 19.8. The standard InChI is InChI=1S/C26H33N3O5/c1-2-34-23-8-5-20(6-9-23)3-4-21-11-13-28(14-12-21)26(30)24-19-22(29(31)32)7-10-25(24)27-15-17-33-18-16-27/h5-10,19,21H,2-4,11-18H2,1H3. The molecule has 34 heavy (non-hydrogen) atoms. The van der Waals surface area contributed by atoms with Crippen molar-refractivity contribution >= 4 is 17.3 Å². The van der Waals surface area contributed by atoms with E-state index in [4.69, 9.17) is 9.47 Å². The lowest BCUT2D eigenvalue weighted by atomic mass is 9.90. The molecule has 2 aromatic rings. The number of nitro groups is 1. The lowest BCUT2D eigenvalue weighted by Gasteiger charge is -2.34. The van der Waals surface area contributed by atoms with Gasteiger partial charge in [-0.3, -0.25) is 14.9 Å². The molecule has 182 valence electrons. The molecule has 8 heteroatoms. The molecule has 2 aliphatic rings. The fourth-order valence-corrected chi connectivity index (χ4v) is 4.77. The normalized spacial score (nSPS) is 17.0. The molecule has 0 aromatic heterocycles. The van der Waals surface area contributed by atoms with Gasteiger partial charge in [0.1, 0.15) is 5.75 Å². The molecular weight excluding hydrogens is 434 g/mol. The first-order valence-electron chi connectivity index (χ1n) is 12.2. The van der Waals surface area contributed by atoms with Gasteiger partial charge in [0.15, 0.2) is 0 Å². The zero-order valence-electron chi connectivity index (χ0n) is 19.8. The number of non-ortho nitro benzene ring substituents is 1. The molecule has 2 fully saturated rings. The maximum Gasteiger partial charge on any atom is 0.270 e. The molecule has 0 saturated carbocycles. The Kier molecular flexibility index (Phi) is 8.00. The van der Waals surface area contributed by atoms with Crippen LogP contribution in [0.3, 0.4) is 0 Å². The Morgan fingerprint density at radius 3 is 2.44 bits per heavy atom. The molecular formula is C26H33N3O5. The van der Waals surface area contributed by atoms with Gasteiger partial charge >= 0.3 is 0 Å². The van der Waals surface area contributed by atoms with Gasteiger partial charge in [-0.1, -0.05) is 12.1 Å². The molecule has 0 N–H and O–H groups in total. The van der Waals surface area contributed by atoms with Gasteiger partial charge in [0, 0.05) is 38.3 Å². The van der Waals surface area contributed by atoms with Crippen molar-refractivity contribution < 1.29 is 19.2 Å². The monoisotopic (exact) mass is 467 g/mol. The number of hydrogen-bond acceptors (Lipinski definition) is 6. The number of morpholine rings is 1. The summed E-state index contributed by atoms with van der Waals surface area (Å²) in [4.78, 5) is 28.3. The lowest BCUT2D eigenvalue weighted by Crippen LogP contribution is -2.41. The van der Waals surface area contributed by atoms with Crippen molar-refractivity contribution in [2.45, 2.75) is 32.6 Å². The minimum Gasteiger partial charge on any atom is -0.494 e. The molecule has 4 rings (SSSR count). The van der Waals surface area contributed by atoms with Crippen LogP contribution >= 0.6 is 0 Å². The Balaban J connectivity index is 1.37. The van der Waals surface area contributed by atoms with Crippen molar-refractivity contribution in [2.75, 3.05) is 50.9 Å². The number of ether oxygens (including phenoxy) is 2. The lowest BCUT2D eigenvalue weighted by molar-refractivity contribution is -0.384. The predicted octanol–water partition coefficient (Wildman–Crippen LogP) is 4.32. The Morgan fingerprint density at radius 2 is 1.79 bits per heavy atom. The fraction of sp³-hybridized carbons (Fsp3) is 0.500. The highest BCUT2D eigenvalue weighted by molar-refractivity contribution is 6.00.